The number of nitrogen functional groups attached to an aromatic ring is 1. The van der Waals surface area contributed by atoms with Crippen LogP contribution in [0, 0.1) is 0 Å². The van der Waals surface area contributed by atoms with E-state index in [0.29, 0.717) is 21.4 Å². The highest BCUT2D eigenvalue weighted by Gasteiger charge is 2.09. The molecule has 2 rings (SSSR count). The molecule has 0 amide bonds. The number of hydrogen-bond acceptors (Lipinski definition) is 3. The molecule has 0 aliphatic heterocycles. The predicted molar refractivity (Wildman–Crippen MR) is 74.1 cm³/mol. The number of hydrogen-bond donors (Lipinski definition) is 2. The SMILES string of the molecule is Nc1ccc(Cl)cc1S(=O)Cc1ccc(O)cc1. The number of rotatable bonds is 3. The number of phenols is 1. The summed E-state index contributed by atoms with van der Waals surface area (Å²) in [4.78, 5) is 0.538. The van der Waals surface area contributed by atoms with Gasteiger partial charge in [0.05, 0.1) is 21.4 Å². The zero-order valence-electron chi connectivity index (χ0n) is 9.47. The maximum absolute atomic E-state index is 12.2. The van der Waals surface area contributed by atoms with Gasteiger partial charge in [-0.15, -0.1) is 0 Å². The van der Waals surface area contributed by atoms with E-state index in [1.165, 1.54) is 0 Å². The van der Waals surface area contributed by atoms with Gasteiger partial charge >= 0.3 is 0 Å². The summed E-state index contributed by atoms with van der Waals surface area (Å²) in [6.07, 6.45) is 0. The molecule has 3 nitrogen and oxygen atoms in total. The van der Waals surface area contributed by atoms with E-state index in [2.05, 4.69) is 0 Å². The molecule has 0 aliphatic rings. The average Bonchev–Trinajstić information content (AvgIpc) is 2.35. The van der Waals surface area contributed by atoms with E-state index in [9.17, 15) is 9.32 Å². The van der Waals surface area contributed by atoms with Crippen LogP contribution in [0.2, 0.25) is 5.02 Å². The third-order valence-corrected chi connectivity index (χ3v) is 4.13. The Morgan fingerprint density at radius 2 is 1.83 bits per heavy atom. The van der Waals surface area contributed by atoms with E-state index in [-0.39, 0.29) is 5.75 Å². The minimum atomic E-state index is -1.25. The standard InChI is InChI=1S/C13H12ClNO2S/c14-10-3-6-12(15)13(7-10)18(17)8-9-1-4-11(16)5-2-9/h1-7,16H,8,15H2. The normalized spacial score (nSPS) is 12.3. The van der Waals surface area contributed by atoms with E-state index in [1.54, 1.807) is 42.5 Å². The highest BCUT2D eigenvalue weighted by Crippen LogP contribution is 2.23. The predicted octanol–water partition coefficient (Wildman–Crippen LogP) is 2.94. The molecule has 2 aromatic carbocycles. The number of aromatic hydroxyl groups is 1. The first-order valence-electron chi connectivity index (χ1n) is 5.27. The molecule has 1 atom stereocenters. The molecule has 1 unspecified atom stereocenters. The molecule has 5 heteroatoms. The smallest absolute Gasteiger partial charge is 0.115 e. The maximum Gasteiger partial charge on any atom is 0.115 e. The Bertz CT molecular complexity index is 584. The molecular weight excluding hydrogens is 270 g/mol. The summed E-state index contributed by atoms with van der Waals surface area (Å²) in [7, 11) is -1.25. The van der Waals surface area contributed by atoms with Gasteiger partial charge in [0.2, 0.25) is 0 Å². The largest absolute Gasteiger partial charge is 0.508 e. The molecule has 0 aromatic heterocycles. The maximum atomic E-state index is 12.2. The molecule has 2 aromatic rings. The van der Waals surface area contributed by atoms with Crippen LogP contribution in [-0.2, 0) is 16.6 Å². The van der Waals surface area contributed by atoms with Gasteiger partial charge in [0.25, 0.3) is 0 Å². The van der Waals surface area contributed by atoms with Crippen molar-refractivity contribution in [3.63, 3.8) is 0 Å². The number of anilines is 1. The van der Waals surface area contributed by atoms with Crippen LogP contribution in [-0.4, -0.2) is 9.32 Å². The van der Waals surface area contributed by atoms with Crippen molar-refractivity contribution in [2.75, 3.05) is 5.73 Å². The molecule has 0 saturated carbocycles. The second-order valence-corrected chi connectivity index (χ2v) is 5.69. The molecule has 0 spiro atoms. The monoisotopic (exact) mass is 281 g/mol. The van der Waals surface area contributed by atoms with Crippen LogP contribution in [0.15, 0.2) is 47.4 Å². The first kappa shape index (κ1) is 12.9. The van der Waals surface area contributed by atoms with Gasteiger partial charge in [-0.3, -0.25) is 4.21 Å². The third-order valence-electron chi connectivity index (χ3n) is 2.45. The Morgan fingerprint density at radius 1 is 1.17 bits per heavy atom. The molecule has 0 radical (unpaired) electrons. The van der Waals surface area contributed by atoms with Crippen molar-refractivity contribution in [1.29, 1.82) is 0 Å². The first-order valence-corrected chi connectivity index (χ1v) is 6.97. The van der Waals surface area contributed by atoms with Crippen molar-refractivity contribution in [3.05, 3.63) is 53.1 Å². The highest BCUT2D eigenvalue weighted by atomic mass is 35.5. The Hall–Kier alpha value is -1.52. The third kappa shape index (κ3) is 3.03. The van der Waals surface area contributed by atoms with Gasteiger partial charge in [-0.2, -0.15) is 0 Å². The molecule has 18 heavy (non-hydrogen) atoms. The van der Waals surface area contributed by atoms with Crippen LogP contribution in [0.1, 0.15) is 5.56 Å². The first-order chi connectivity index (χ1) is 8.56. The summed E-state index contributed by atoms with van der Waals surface area (Å²) in [5, 5.41) is 9.69. The van der Waals surface area contributed by atoms with Gasteiger partial charge in [0.1, 0.15) is 5.75 Å². The Kier molecular flexibility index (Phi) is 3.89. The lowest BCUT2D eigenvalue weighted by molar-refractivity contribution is 0.475. The second-order valence-electron chi connectivity index (χ2n) is 3.84. The highest BCUT2D eigenvalue weighted by molar-refractivity contribution is 7.84. The molecular formula is C13H12ClNO2S. The molecule has 0 saturated heterocycles. The van der Waals surface area contributed by atoms with Crippen LogP contribution >= 0.6 is 11.6 Å². The Labute approximate surface area is 113 Å². The van der Waals surface area contributed by atoms with Crippen molar-refractivity contribution < 1.29 is 9.32 Å². The molecule has 0 bridgehead atoms. The van der Waals surface area contributed by atoms with Gasteiger partial charge in [-0.05, 0) is 35.9 Å². The van der Waals surface area contributed by atoms with E-state index in [0.717, 1.165) is 5.56 Å². The van der Waals surface area contributed by atoms with E-state index in [4.69, 9.17) is 17.3 Å². The number of halogens is 1. The van der Waals surface area contributed by atoms with Crippen LogP contribution < -0.4 is 5.73 Å². The van der Waals surface area contributed by atoms with Crippen molar-refractivity contribution in [3.8, 4) is 5.75 Å². The fourth-order valence-electron chi connectivity index (χ4n) is 1.53. The fourth-order valence-corrected chi connectivity index (χ4v) is 3.00. The van der Waals surface area contributed by atoms with Gasteiger partial charge in [0, 0.05) is 10.7 Å². The lowest BCUT2D eigenvalue weighted by atomic mass is 10.2. The van der Waals surface area contributed by atoms with Gasteiger partial charge in [0.15, 0.2) is 0 Å². The van der Waals surface area contributed by atoms with Crippen LogP contribution in [0.5, 0.6) is 5.75 Å². The summed E-state index contributed by atoms with van der Waals surface area (Å²) in [5.41, 5.74) is 7.11. The summed E-state index contributed by atoms with van der Waals surface area (Å²) < 4.78 is 12.2. The van der Waals surface area contributed by atoms with Gasteiger partial charge in [-0.25, -0.2) is 0 Å². The average molecular weight is 282 g/mol. The zero-order chi connectivity index (χ0) is 13.1. The molecule has 94 valence electrons. The minimum absolute atomic E-state index is 0.187. The molecule has 0 aliphatic carbocycles. The second kappa shape index (κ2) is 5.42. The van der Waals surface area contributed by atoms with Crippen molar-refractivity contribution in [1.82, 2.24) is 0 Å². The van der Waals surface area contributed by atoms with Crippen molar-refractivity contribution in [2.45, 2.75) is 10.6 Å². The number of benzene rings is 2. The summed E-state index contributed by atoms with van der Waals surface area (Å²) in [6, 6.07) is 11.5. The lowest BCUT2D eigenvalue weighted by Crippen LogP contribution is -2.00. The minimum Gasteiger partial charge on any atom is -0.508 e. The van der Waals surface area contributed by atoms with E-state index in [1.807, 2.05) is 0 Å². The summed E-state index contributed by atoms with van der Waals surface area (Å²) in [6.45, 7) is 0. The molecule has 0 fully saturated rings. The zero-order valence-corrected chi connectivity index (χ0v) is 11.0. The van der Waals surface area contributed by atoms with E-state index < -0.39 is 10.8 Å². The van der Waals surface area contributed by atoms with Crippen molar-refractivity contribution in [2.24, 2.45) is 0 Å². The van der Waals surface area contributed by atoms with Gasteiger partial charge in [-0.1, -0.05) is 23.7 Å². The van der Waals surface area contributed by atoms with Crippen molar-refractivity contribution >= 4 is 28.1 Å². The summed E-state index contributed by atoms with van der Waals surface area (Å²) in [5.74, 6) is 0.525. The Balaban J connectivity index is 2.21. The van der Waals surface area contributed by atoms with Crippen LogP contribution in [0.3, 0.4) is 0 Å². The van der Waals surface area contributed by atoms with E-state index >= 15 is 0 Å². The summed E-state index contributed by atoms with van der Waals surface area (Å²) >= 11 is 5.86. The number of phenolic OH excluding ortho intramolecular Hbond substituents is 1. The quantitative estimate of drug-likeness (QED) is 0.850. The lowest BCUT2D eigenvalue weighted by Gasteiger charge is -2.06. The Morgan fingerprint density at radius 3 is 2.50 bits per heavy atom. The molecule has 3 N–H and O–H groups in total. The van der Waals surface area contributed by atoms with Gasteiger partial charge < -0.3 is 10.8 Å². The van der Waals surface area contributed by atoms with Crippen LogP contribution in [0.25, 0.3) is 0 Å². The van der Waals surface area contributed by atoms with Crippen LogP contribution in [0.4, 0.5) is 5.69 Å². The topological polar surface area (TPSA) is 63.3 Å². The molecule has 0 heterocycles. The number of nitrogens with two attached hydrogens (primary N) is 1. The fraction of sp³-hybridized carbons (Fsp3) is 0.0769.